The summed E-state index contributed by atoms with van der Waals surface area (Å²) >= 11 is 5.77. The number of rotatable bonds is 4. The summed E-state index contributed by atoms with van der Waals surface area (Å²) in [5, 5.41) is 10.2. The molecule has 1 heterocycles. The van der Waals surface area contributed by atoms with Crippen LogP contribution in [0.2, 0.25) is 5.02 Å². The van der Waals surface area contributed by atoms with E-state index in [1.807, 2.05) is 6.92 Å². The number of ether oxygens (including phenoxy) is 1. The third kappa shape index (κ3) is 3.39. The van der Waals surface area contributed by atoms with E-state index in [4.69, 9.17) is 16.3 Å². The van der Waals surface area contributed by atoms with Gasteiger partial charge in [0.25, 0.3) is 5.91 Å². The number of benzene rings is 1. The van der Waals surface area contributed by atoms with Gasteiger partial charge in [-0.15, -0.1) is 0 Å². The van der Waals surface area contributed by atoms with Crippen LogP contribution in [0.3, 0.4) is 0 Å². The zero-order valence-corrected chi connectivity index (χ0v) is 11.7. The topological polar surface area (TPSA) is 49.8 Å². The fraction of sp³-hybridized carbons (Fsp3) is 0.500. The Morgan fingerprint density at radius 3 is 2.95 bits per heavy atom. The van der Waals surface area contributed by atoms with E-state index in [9.17, 15) is 9.90 Å². The first-order chi connectivity index (χ1) is 9.11. The maximum atomic E-state index is 12.4. The molecule has 19 heavy (non-hydrogen) atoms. The van der Waals surface area contributed by atoms with Gasteiger partial charge >= 0.3 is 0 Å². The minimum Gasteiger partial charge on any atom is -0.507 e. The lowest BCUT2D eigenvalue weighted by molar-refractivity contribution is 0.0537. The zero-order valence-electron chi connectivity index (χ0n) is 10.9. The summed E-state index contributed by atoms with van der Waals surface area (Å²) in [5.74, 6) is -0.268. The van der Waals surface area contributed by atoms with Gasteiger partial charge in [0.1, 0.15) is 5.75 Å². The van der Waals surface area contributed by atoms with Crippen molar-refractivity contribution in [2.75, 3.05) is 19.7 Å². The number of phenols is 1. The predicted molar refractivity (Wildman–Crippen MR) is 73.7 cm³/mol. The van der Waals surface area contributed by atoms with Crippen LogP contribution in [-0.2, 0) is 4.74 Å². The smallest absolute Gasteiger partial charge is 0.257 e. The third-order valence-electron chi connectivity index (χ3n) is 3.31. The summed E-state index contributed by atoms with van der Waals surface area (Å²) in [7, 11) is 0. The Kier molecular flexibility index (Phi) is 4.66. The largest absolute Gasteiger partial charge is 0.507 e. The van der Waals surface area contributed by atoms with Crippen LogP contribution < -0.4 is 0 Å². The molecule has 5 heteroatoms. The second kappa shape index (κ2) is 6.26. The lowest BCUT2D eigenvalue weighted by atomic mass is 10.1. The summed E-state index contributed by atoms with van der Waals surface area (Å²) in [4.78, 5) is 14.1. The number of likely N-dealkylation sites (N-methyl/N-ethyl adjacent to an activating group) is 1. The Hall–Kier alpha value is -1.26. The van der Waals surface area contributed by atoms with Crippen molar-refractivity contribution in [1.82, 2.24) is 4.90 Å². The summed E-state index contributed by atoms with van der Waals surface area (Å²) < 4.78 is 5.54. The van der Waals surface area contributed by atoms with Crippen molar-refractivity contribution >= 4 is 17.5 Å². The molecule has 1 fully saturated rings. The van der Waals surface area contributed by atoms with Crippen molar-refractivity contribution in [2.24, 2.45) is 0 Å². The molecule has 1 N–H and O–H groups in total. The van der Waals surface area contributed by atoms with Gasteiger partial charge < -0.3 is 14.7 Å². The van der Waals surface area contributed by atoms with E-state index in [2.05, 4.69) is 0 Å². The highest BCUT2D eigenvalue weighted by atomic mass is 35.5. The standard InChI is InChI=1S/C14H18ClNO3/c1-2-16(9-11-4-3-7-19-11)14(18)12-6-5-10(15)8-13(12)17/h5-6,8,11,17H,2-4,7,9H2,1H3. The molecular weight excluding hydrogens is 266 g/mol. The van der Waals surface area contributed by atoms with Crippen molar-refractivity contribution < 1.29 is 14.6 Å². The van der Waals surface area contributed by atoms with Crippen molar-refractivity contribution in [3.05, 3.63) is 28.8 Å². The SMILES string of the molecule is CCN(CC1CCCO1)C(=O)c1ccc(Cl)cc1O. The number of hydrogen-bond acceptors (Lipinski definition) is 3. The molecule has 0 aliphatic carbocycles. The van der Waals surface area contributed by atoms with Crippen LogP contribution in [0.5, 0.6) is 5.75 Å². The second-order valence-electron chi connectivity index (χ2n) is 4.64. The van der Waals surface area contributed by atoms with Crippen LogP contribution in [-0.4, -0.2) is 41.7 Å². The first-order valence-corrected chi connectivity index (χ1v) is 6.89. The number of halogens is 1. The van der Waals surface area contributed by atoms with Crippen LogP contribution in [0.1, 0.15) is 30.1 Å². The van der Waals surface area contributed by atoms with E-state index >= 15 is 0 Å². The molecular formula is C14H18ClNO3. The highest BCUT2D eigenvalue weighted by molar-refractivity contribution is 6.30. The van der Waals surface area contributed by atoms with Gasteiger partial charge in [-0.2, -0.15) is 0 Å². The van der Waals surface area contributed by atoms with Crippen LogP contribution in [0, 0.1) is 0 Å². The van der Waals surface area contributed by atoms with Crippen LogP contribution in [0.4, 0.5) is 0 Å². The Morgan fingerprint density at radius 2 is 2.37 bits per heavy atom. The third-order valence-corrected chi connectivity index (χ3v) is 3.54. The number of carbonyl (C=O) groups excluding carboxylic acids is 1. The molecule has 1 amide bonds. The molecule has 1 saturated heterocycles. The van der Waals surface area contributed by atoms with Crippen molar-refractivity contribution in [2.45, 2.75) is 25.9 Å². The van der Waals surface area contributed by atoms with E-state index < -0.39 is 0 Å². The molecule has 2 rings (SSSR count). The molecule has 4 nitrogen and oxygen atoms in total. The number of amides is 1. The maximum Gasteiger partial charge on any atom is 0.257 e. The molecule has 0 radical (unpaired) electrons. The molecule has 0 aromatic heterocycles. The van der Waals surface area contributed by atoms with Gasteiger partial charge in [-0.3, -0.25) is 4.79 Å². The van der Waals surface area contributed by atoms with E-state index in [0.29, 0.717) is 18.1 Å². The van der Waals surface area contributed by atoms with Gasteiger partial charge in [0.15, 0.2) is 0 Å². The summed E-state index contributed by atoms with van der Waals surface area (Å²) in [6.07, 6.45) is 2.14. The normalized spacial score (nSPS) is 18.5. The van der Waals surface area contributed by atoms with Gasteiger partial charge in [-0.25, -0.2) is 0 Å². The van der Waals surface area contributed by atoms with Crippen LogP contribution >= 0.6 is 11.6 Å². The van der Waals surface area contributed by atoms with Crippen molar-refractivity contribution in [1.29, 1.82) is 0 Å². The number of hydrogen-bond donors (Lipinski definition) is 1. The van der Waals surface area contributed by atoms with Gasteiger partial charge in [-0.05, 0) is 38.0 Å². The monoisotopic (exact) mass is 283 g/mol. The molecule has 1 unspecified atom stereocenters. The maximum absolute atomic E-state index is 12.4. The molecule has 1 aromatic carbocycles. The van der Waals surface area contributed by atoms with Gasteiger partial charge in [0.2, 0.25) is 0 Å². The Bertz CT molecular complexity index is 458. The number of nitrogens with zero attached hydrogens (tertiary/aromatic N) is 1. The van der Waals surface area contributed by atoms with E-state index in [1.165, 1.54) is 6.07 Å². The molecule has 104 valence electrons. The lowest BCUT2D eigenvalue weighted by Crippen LogP contribution is -2.37. The van der Waals surface area contributed by atoms with Gasteiger partial charge in [0, 0.05) is 24.7 Å². The quantitative estimate of drug-likeness (QED) is 0.924. The van der Waals surface area contributed by atoms with E-state index in [0.717, 1.165) is 19.4 Å². The fourth-order valence-corrected chi connectivity index (χ4v) is 2.41. The summed E-state index contributed by atoms with van der Waals surface area (Å²) in [6, 6.07) is 4.54. The first kappa shape index (κ1) is 14.2. The van der Waals surface area contributed by atoms with Crippen LogP contribution in [0.15, 0.2) is 18.2 Å². The van der Waals surface area contributed by atoms with Crippen molar-refractivity contribution in [3.63, 3.8) is 0 Å². The van der Waals surface area contributed by atoms with Gasteiger partial charge in [0.05, 0.1) is 11.7 Å². The zero-order chi connectivity index (χ0) is 13.8. The number of carbonyl (C=O) groups is 1. The summed E-state index contributed by atoms with van der Waals surface area (Å²) in [5.41, 5.74) is 0.282. The number of aromatic hydroxyl groups is 1. The Morgan fingerprint density at radius 1 is 1.58 bits per heavy atom. The van der Waals surface area contributed by atoms with E-state index in [-0.39, 0.29) is 23.3 Å². The molecule has 1 aliphatic rings. The molecule has 0 bridgehead atoms. The van der Waals surface area contributed by atoms with Crippen LogP contribution in [0.25, 0.3) is 0 Å². The summed E-state index contributed by atoms with van der Waals surface area (Å²) in [6.45, 7) is 3.83. The fourth-order valence-electron chi connectivity index (χ4n) is 2.25. The molecule has 1 aromatic rings. The average molecular weight is 284 g/mol. The highest BCUT2D eigenvalue weighted by Crippen LogP contribution is 2.24. The Balaban J connectivity index is 2.10. The number of phenolic OH excluding ortho intramolecular Hbond substituents is 1. The first-order valence-electron chi connectivity index (χ1n) is 6.51. The molecule has 0 spiro atoms. The minimum atomic E-state index is -0.188. The average Bonchev–Trinajstić information content (AvgIpc) is 2.88. The molecule has 1 aliphatic heterocycles. The second-order valence-corrected chi connectivity index (χ2v) is 5.08. The minimum absolute atomic E-state index is 0.0803. The van der Waals surface area contributed by atoms with E-state index in [1.54, 1.807) is 17.0 Å². The lowest BCUT2D eigenvalue weighted by Gasteiger charge is -2.24. The predicted octanol–water partition coefficient (Wildman–Crippen LogP) is 2.69. The highest BCUT2D eigenvalue weighted by Gasteiger charge is 2.23. The molecule has 1 atom stereocenters. The van der Waals surface area contributed by atoms with Gasteiger partial charge in [-0.1, -0.05) is 11.6 Å². The Labute approximate surface area is 117 Å². The van der Waals surface area contributed by atoms with Crippen molar-refractivity contribution in [3.8, 4) is 5.75 Å². The molecule has 0 saturated carbocycles.